The van der Waals surface area contributed by atoms with Gasteiger partial charge in [-0.15, -0.1) is 0 Å². The molecule has 0 bridgehead atoms. The Hall–Kier alpha value is -1.91. The maximum atomic E-state index is 6.18. The molecule has 4 nitrogen and oxygen atoms in total. The first-order valence-corrected chi connectivity index (χ1v) is 7.26. The van der Waals surface area contributed by atoms with Crippen LogP contribution in [0.5, 0.6) is 11.5 Å². The summed E-state index contributed by atoms with van der Waals surface area (Å²) in [5.41, 5.74) is 7.81. The number of rotatable bonds is 4. The minimum absolute atomic E-state index is 0.0410. The minimum Gasteiger partial charge on any atom is -0.486 e. The lowest BCUT2D eigenvalue weighted by Crippen LogP contribution is -2.21. The van der Waals surface area contributed by atoms with E-state index >= 15 is 0 Å². The Balaban J connectivity index is 1.85. The summed E-state index contributed by atoms with van der Waals surface area (Å²) in [7, 11) is 0. The number of nitrogens with one attached hydrogen (secondary N) is 1. The Morgan fingerprint density at radius 3 is 2.62 bits per heavy atom. The van der Waals surface area contributed by atoms with E-state index in [0.717, 1.165) is 22.7 Å². The van der Waals surface area contributed by atoms with Gasteiger partial charge in [0.2, 0.25) is 0 Å². The zero-order chi connectivity index (χ0) is 14.7. The molecule has 0 saturated heterocycles. The number of halogens is 1. The van der Waals surface area contributed by atoms with E-state index in [1.165, 1.54) is 0 Å². The van der Waals surface area contributed by atoms with Gasteiger partial charge >= 0.3 is 0 Å². The van der Waals surface area contributed by atoms with E-state index in [4.69, 9.17) is 26.8 Å². The lowest BCUT2D eigenvalue weighted by Gasteiger charge is -2.23. The van der Waals surface area contributed by atoms with E-state index in [-0.39, 0.29) is 6.04 Å². The molecule has 0 spiro atoms. The van der Waals surface area contributed by atoms with Crippen LogP contribution in [0, 0.1) is 0 Å². The number of benzene rings is 2. The molecule has 1 aliphatic rings. The Bertz CT molecular complexity index is 633. The second-order valence-electron chi connectivity index (χ2n) is 4.82. The Morgan fingerprint density at radius 2 is 1.86 bits per heavy atom. The smallest absolute Gasteiger partial charge is 0.161 e. The van der Waals surface area contributed by atoms with Gasteiger partial charge in [0.15, 0.2) is 11.5 Å². The van der Waals surface area contributed by atoms with Crippen molar-refractivity contribution in [2.45, 2.75) is 6.04 Å². The molecule has 21 heavy (non-hydrogen) atoms. The largest absolute Gasteiger partial charge is 0.486 e. The summed E-state index contributed by atoms with van der Waals surface area (Å²) in [6.07, 6.45) is 0. The van der Waals surface area contributed by atoms with Crippen LogP contribution in [0.2, 0.25) is 5.02 Å². The molecule has 2 aromatic carbocycles. The predicted molar refractivity (Wildman–Crippen MR) is 84.3 cm³/mol. The van der Waals surface area contributed by atoms with E-state index in [0.29, 0.717) is 24.8 Å². The minimum atomic E-state index is -0.0410. The predicted octanol–water partition coefficient (Wildman–Crippen LogP) is 3.22. The molecule has 1 atom stereocenters. The third-order valence-corrected chi connectivity index (χ3v) is 3.74. The maximum Gasteiger partial charge on any atom is 0.161 e. The zero-order valence-electron chi connectivity index (χ0n) is 11.5. The molecule has 1 unspecified atom stereocenters. The molecule has 0 radical (unpaired) electrons. The van der Waals surface area contributed by atoms with Crippen molar-refractivity contribution in [3.63, 3.8) is 0 Å². The van der Waals surface area contributed by atoms with Gasteiger partial charge in [-0.05, 0) is 29.8 Å². The second-order valence-corrected chi connectivity index (χ2v) is 5.22. The topological polar surface area (TPSA) is 56.5 Å². The summed E-state index contributed by atoms with van der Waals surface area (Å²) in [6.45, 7) is 1.61. The van der Waals surface area contributed by atoms with Crippen LogP contribution in [-0.4, -0.2) is 19.8 Å². The molecule has 1 heterocycles. The van der Waals surface area contributed by atoms with Crippen molar-refractivity contribution in [2.75, 3.05) is 25.1 Å². The number of hydrogen-bond donors (Lipinski definition) is 2. The van der Waals surface area contributed by atoms with Gasteiger partial charge in [-0.2, -0.15) is 0 Å². The molecule has 3 N–H and O–H groups in total. The van der Waals surface area contributed by atoms with Crippen LogP contribution in [0.4, 0.5) is 5.69 Å². The normalized spacial score (nSPS) is 14.6. The molecular weight excluding hydrogens is 288 g/mol. The van der Waals surface area contributed by atoms with Gasteiger partial charge in [0, 0.05) is 6.54 Å². The average Bonchev–Trinajstić information content (AvgIpc) is 2.54. The van der Waals surface area contributed by atoms with Crippen molar-refractivity contribution in [1.29, 1.82) is 0 Å². The number of ether oxygens (including phenoxy) is 2. The molecule has 0 aliphatic carbocycles. The third kappa shape index (κ3) is 3.06. The SMILES string of the molecule is NCC(Nc1ccccc1Cl)c1ccc2c(c1)OCCO2. The number of fused-ring (bicyclic) bond motifs is 1. The van der Waals surface area contributed by atoms with E-state index < -0.39 is 0 Å². The van der Waals surface area contributed by atoms with Crippen LogP contribution < -0.4 is 20.5 Å². The van der Waals surface area contributed by atoms with Crippen molar-refractivity contribution in [2.24, 2.45) is 5.73 Å². The molecule has 3 rings (SSSR count). The van der Waals surface area contributed by atoms with Crippen molar-refractivity contribution in [3.05, 3.63) is 53.1 Å². The maximum absolute atomic E-state index is 6.18. The Morgan fingerprint density at radius 1 is 1.10 bits per heavy atom. The van der Waals surface area contributed by atoms with Gasteiger partial charge in [0.25, 0.3) is 0 Å². The van der Waals surface area contributed by atoms with E-state index in [1.807, 2.05) is 42.5 Å². The van der Waals surface area contributed by atoms with Crippen LogP contribution in [0.25, 0.3) is 0 Å². The number of hydrogen-bond acceptors (Lipinski definition) is 4. The van der Waals surface area contributed by atoms with Gasteiger partial charge in [-0.25, -0.2) is 0 Å². The Labute approximate surface area is 128 Å². The lowest BCUT2D eigenvalue weighted by molar-refractivity contribution is 0.171. The summed E-state index contributed by atoms with van der Waals surface area (Å²) in [5.74, 6) is 1.54. The van der Waals surface area contributed by atoms with Crippen molar-refractivity contribution in [3.8, 4) is 11.5 Å². The van der Waals surface area contributed by atoms with Gasteiger partial charge in [0.05, 0.1) is 16.8 Å². The molecule has 0 amide bonds. The molecule has 0 fully saturated rings. The van der Waals surface area contributed by atoms with Crippen molar-refractivity contribution >= 4 is 17.3 Å². The van der Waals surface area contributed by atoms with E-state index in [9.17, 15) is 0 Å². The highest BCUT2D eigenvalue weighted by atomic mass is 35.5. The fourth-order valence-corrected chi connectivity index (χ4v) is 2.51. The summed E-state index contributed by atoms with van der Waals surface area (Å²) < 4.78 is 11.1. The number of anilines is 1. The quantitative estimate of drug-likeness (QED) is 0.910. The Kier molecular flexibility index (Phi) is 4.18. The highest BCUT2D eigenvalue weighted by Crippen LogP contribution is 2.34. The van der Waals surface area contributed by atoms with Gasteiger partial charge in [0.1, 0.15) is 13.2 Å². The van der Waals surface area contributed by atoms with Crippen molar-refractivity contribution < 1.29 is 9.47 Å². The molecule has 2 aromatic rings. The lowest BCUT2D eigenvalue weighted by atomic mass is 10.1. The molecular formula is C16H17ClN2O2. The van der Waals surface area contributed by atoms with Gasteiger partial charge in [-0.1, -0.05) is 29.8 Å². The summed E-state index contributed by atoms with van der Waals surface area (Å²) in [6, 6.07) is 13.5. The van der Waals surface area contributed by atoms with E-state index in [1.54, 1.807) is 0 Å². The van der Waals surface area contributed by atoms with Crippen LogP contribution in [0.1, 0.15) is 11.6 Å². The fourth-order valence-electron chi connectivity index (χ4n) is 2.32. The van der Waals surface area contributed by atoms with Crippen LogP contribution in [0.15, 0.2) is 42.5 Å². The first-order valence-electron chi connectivity index (χ1n) is 6.88. The second kappa shape index (κ2) is 6.24. The first-order chi connectivity index (χ1) is 10.3. The highest BCUT2D eigenvalue weighted by molar-refractivity contribution is 6.33. The first kappa shape index (κ1) is 14.0. The summed E-state index contributed by atoms with van der Waals surface area (Å²) >= 11 is 6.18. The molecule has 5 heteroatoms. The van der Waals surface area contributed by atoms with Crippen LogP contribution >= 0.6 is 11.6 Å². The molecule has 110 valence electrons. The fraction of sp³-hybridized carbons (Fsp3) is 0.250. The standard InChI is InChI=1S/C16H17ClN2O2/c17-12-3-1-2-4-13(12)19-14(10-18)11-5-6-15-16(9-11)21-8-7-20-15/h1-6,9,14,19H,7-8,10,18H2. The zero-order valence-corrected chi connectivity index (χ0v) is 12.3. The molecule has 0 saturated carbocycles. The van der Waals surface area contributed by atoms with Gasteiger partial charge in [-0.3, -0.25) is 0 Å². The van der Waals surface area contributed by atoms with Crippen LogP contribution in [0.3, 0.4) is 0 Å². The molecule has 0 aromatic heterocycles. The third-order valence-electron chi connectivity index (χ3n) is 3.41. The summed E-state index contributed by atoms with van der Waals surface area (Å²) in [5, 5.41) is 4.04. The number of nitrogens with two attached hydrogens (primary N) is 1. The number of para-hydroxylation sites is 1. The molecule has 1 aliphatic heterocycles. The average molecular weight is 305 g/mol. The van der Waals surface area contributed by atoms with Crippen LogP contribution in [-0.2, 0) is 0 Å². The van der Waals surface area contributed by atoms with Gasteiger partial charge < -0.3 is 20.5 Å². The van der Waals surface area contributed by atoms with E-state index in [2.05, 4.69) is 5.32 Å². The van der Waals surface area contributed by atoms with Crippen molar-refractivity contribution in [1.82, 2.24) is 0 Å². The highest BCUT2D eigenvalue weighted by Gasteiger charge is 2.16. The monoisotopic (exact) mass is 304 g/mol. The summed E-state index contributed by atoms with van der Waals surface area (Å²) in [4.78, 5) is 0.